The van der Waals surface area contributed by atoms with Crippen molar-refractivity contribution in [2.45, 2.75) is 33.5 Å². The number of benzene rings is 4. The zero-order chi connectivity index (χ0) is 53.2. The standard InChI is InChI=1S/C29H31N7O.C28H22F3N7O/c1-21-5-10-25(18-27(21)34-29-31-13-11-26(33-29)24-4-3-12-30-19-24)32-28(37)23-8-6-22(7-9-23)20-36-16-14-35(2)15-17-36;1-17-5-6-19(10-25(17)37-27-33-9-7-24(36-27)20-4-3-8-32-14-20)26(39)35-22-11-21(28(29,30)31)12-23(13-22)38-15-18(2)34-16-38/h3-13,18-19H,14-17,20H2,1-2H3,(H,32,37)(H,31,33,34);3-16H,1-2H3,(H,35,39)(H,33,36,37). The molecule has 10 rings (SSSR count). The van der Waals surface area contributed by atoms with Gasteiger partial charge in [0.15, 0.2) is 0 Å². The molecule has 0 aliphatic carbocycles. The Kier molecular flexibility index (Phi) is 15.9. The van der Waals surface area contributed by atoms with Crippen LogP contribution in [0, 0.1) is 20.8 Å². The molecule has 5 aromatic heterocycles. The van der Waals surface area contributed by atoms with Crippen LogP contribution in [-0.4, -0.2) is 94.3 Å². The summed E-state index contributed by atoms with van der Waals surface area (Å²) >= 11 is 0. The molecule has 16 nitrogen and oxygen atoms in total. The molecule has 4 N–H and O–H groups in total. The third kappa shape index (κ3) is 13.5. The number of piperazine rings is 1. The zero-order valence-corrected chi connectivity index (χ0v) is 42.0. The number of likely N-dealkylation sites (N-methyl/N-ethyl adjacent to an activating group) is 1. The predicted molar refractivity (Wildman–Crippen MR) is 288 cm³/mol. The van der Waals surface area contributed by atoms with Crippen molar-refractivity contribution in [2.75, 3.05) is 54.5 Å². The molecule has 0 radical (unpaired) electrons. The first-order valence-electron chi connectivity index (χ1n) is 24.3. The number of nitrogens with zero attached hydrogens (tertiary/aromatic N) is 10. The second-order valence-electron chi connectivity index (χ2n) is 18.2. The lowest BCUT2D eigenvalue weighted by atomic mass is 10.1. The van der Waals surface area contributed by atoms with E-state index < -0.39 is 17.6 Å². The number of pyridine rings is 2. The lowest BCUT2D eigenvalue weighted by Gasteiger charge is -2.32. The fourth-order valence-electron chi connectivity index (χ4n) is 8.15. The van der Waals surface area contributed by atoms with Gasteiger partial charge in [-0.15, -0.1) is 0 Å². The molecule has 4 aromatic carbocycles. The van der Waals surface area contributed by atoms with E-state index in [-0.39, 0.29) is 22.8 Å². The fourth-order valence-corrected chi connectivity index (χ4v) is 8.15. The van der Waals surface area contributed by atoms with Gasteiger partial charge in [0.25, 0.3) is 11.8 Å². The summed E-state index contributed by atoms with van der Waals surface area (Å²) in [6.07, 6.45) is 8.60. The number of imidazole rings is 1. The number of rotatable bonds is 13. The lowest BCUT2D eigenvalue weighted by molar-refractivity contribution is -0.137. The smallest absolute Gasteiger partial charge is 0.324 e. The second-order valence-corrected chi connectivity index (χ2v) is 18.2. The maximum atomic E-state index is 13.6. The maximum absolute atomic E-state index is 13.6. The fraction of sp³-hybridized carbons (Fsp3) is 0.175. The third-order valence-corrected chi connectivity index (χ3v) is 12.4. The summed E-state index contributed by atoms with van der Waals surface area (Å²) in [6, 6.07) is 33.0. The van der Waals surface area contributed by atoms with Crippen molar-refractivity contribution in [3.8, 4) is 28.2 Å². The van der Waals surface area contributed by atoms with Crippen LogP contribution < -0.4 is 21.3 Å². The molecular weight excluding hydrogens is 970 g/mol. The molecule has 0 bridgehead atoms. The van der Waals surface area contributed by atoms with Crippen LogP contribution in [0.25, 0.3) is 28.2 Å². The highest BCUT2D eigenvalue weighted by Gasteiger charge is 2.32. The number of alkyl halides is 3. The molecule has 384 valence electrons. The normalized spacial score (nSPS) is 12.8. The summed E-state index contributed by atoms with van der Waals surface area (Å²) in [5.41, 5.74) is 9.17. The molecule has 2 amide bonds. The van der Waals surface area contributed by atoms with Crippen LogP contribution in [0.15, 0.2) is 165 Å². The molecule has 1 fully saturated rings. The molecule has 19 heteroatoms. The second kappa shape index (κ2) is 23.3. The molecular formula is C57H53F3N14O2. The van der Waals surface area contributed by atoms with E-state index in [4.69, 9.17) is 0 Å². The topological polar surface area (TPSA) is 184 Å². The van der Waals surface area contributed by atoms with Gasteiger partial charge in [0.1, 0.15) is 0 Å². The van der Waals surface area contributed by atoms with Crippen molar-refractivity contribution in [1.29, 1.82) is 0 Å². The molecule has 0 spiro atoms. The first-order chi connectivity index (χ1) is 36.7. The quantitative estimate of drug-likeness (QED) is 0.0856. The lowest BCUT2D eigenvalue weighted by Crippen LogP contribution is -2.43. The van der Waals surface area contributed by atoms with E-state index in [1.165, 1.54) is 22.5 Å². The maximum Gasteiger partial charge on any atom is 0.416 e. The summed E-state index contributed by atoms with van der Waals surface area (Å²) in [7, 11) is 2.16. The average Bonchev–Trinajstić information content (AvgIpc) is 3.87. The van der Waals surface area contributed by atoms with Crippen LogP contribution in [0.4, 0.5) is 47.8 Å². The minimum absolute atomic E-state index is 0.00114. The summed E-state index contributed by atoms with van der Waals surface area (Å²) in [6.45, 7) is 10.8. The van der Waals surface area contributed by atoms with Crippen molar-refractivity contribution in [3.05, 3.63) is 204 Å². The Bertz CT molecular complexity index is 3460. The van der Waals surface area contributed by atoms with Crippen molar-refractivity contribution in [1.82, 2.24) is 49.3 Å². The number of halogens is 3. The molecule has 1 aliphatic rings. The number of anilines is 6. The SMILES string of the molecule is Cc1ccc(NC(=O)c2ccc(CN3CCN(C)CC3)cc2)cc1Nc1nccc(-c2cccnc2)n1.Cc1cn(-c2cc(NC(=O)c3ccc(C)c(Nc4nccc(-c5cccnc5)n4)c3)cc(C(F)(F)F)c2)cn1. The Balaban J connectivity index is 0.000000186. The number of hydrogen-bond donors (Lipinski definition) is 4. The van der Waals surface area contributed by atoms with E-state index in [2.05, 4.69) is 73.0 Å². The molecule has 0 unspecified atom stereocenters. The minimum atomic E-state index is -4.60. The Hall–Kier alpha value is -9.20. The van der Waals surface area contributed by atoms with Gasteiger partial charge < -0.3 is 30.7 Å². The van der Waals surface area contributed by atoms with Crippen molar-refractivity contribution in [2.24, 2.45) is 0 Å². The Morgan fingerprint density at radius 1 is 0.605 bits per heavy atom. The molecule has 76 heavy (non-hydrogen) atoms. The van der Waals surface area contributed by atoms with Crippen molar-refractivity contribution >= 4 is 46.5 Å². The van der Waals surface area contributed by atoms with E-state index >= 15 is 0 Å². The highest BCUT2D eigenvalue weighted by molar-refractivity contribution is 6.05. The molecule has 6 heterocycles. The van der Waals surface area contributed by atoms with E-state index in [0.29, 0.717) is 40.2 Å². The molecule has 0 atom stereocenters. The van der Waals surface area contributed by atoms with Crippen LogP contribution in [0.2, 0.25) is 0 Å². The van der Waals surface area contributed by atoms with Crippen LogP contribution in [-0.2, 0) is 12.7 Å². The summed E-state index contributed by atoms with van der Waals surface area (Å²) < 4.78 is 42.3. The number of carbonyl (C=O) groups is 2. The summed E-state index contributed by atoms with van der Waals surface area (Å²) in [5, 5.41) is 12.0. The molecule has 9 aromatic rings. The van der Waals surface area contributed by atoms with E-state index in [9.17, 15) is 22.8 Å². The number of amides is 2. The number of nitrogens with one attached hydrogen (secondary N) is 4. The Morgan fingerprint density at radius 3 is 1.76 bits per heavy atom. The summed E-state index contributed by atoms with van der Waals surface area (Å²) in [5.74, 6) is 0.0740. The largest absolute Gasteiger partial charge is 0.416 e. The van der Waals surface area contributed by atoms with E-state index in [1.807, 2.05) is 80.6 Å². The van der Waals surface area contributed by atoms with Gasteiger partial charge in [-0.3, -0.25) is 24.5 Å². The van der Waals surface area contributed by atoms with Gasteiger partial charge >= 0.3 is 6.18 Å². The van der Waals surface area contributed by atoms with Gasteiger partial charge in [-0.25, -0.2) is 24.9 Å². The van der Waals surface area contributed by atoms with Gasteiger partial charge in [0.05, 0.1) is 29.0 Å². The zero-order valence-electron chi connectivity index (χ0n) is 42.0. The average molecular weight is 1020 g/mol. The van der Waals surface area contributed by atoms with Gasteiger partial charge in [-0.2, -0.15) is 13.2 Å². The van der Waals surface area contributed by atoms with Crippen LogP contribution in [0.3, 0.4) is 0 Å². The van der Waals surface area contributed by atoms with Gasteiger partial charge in [-0.1, -0.05) is 24.3 Å². The Morgan fingerprint density at radius 2 is 1.18 bits per heavy atom. The number of aryl methyl sites for hydroxylation is 3. The van der Waals surface area contributed by atoms with E-state index in [0.717, 1.165) is 78.5 Å². The minimum Gasteiger partial charge on any atom is -0.324 e. The van der Waals surface area contributed by atoms with Gasteiger partial charge in [0.2, 0.25) is 11.9 Å². The van der Waals surface area contributed by atoms with Crippen molar-refractivity contribution in [3.63, 3.8) is 0 Å². The van der Waals surface area contributed by atoms with Crippen molar-refractivity contribution < 1.29 is 22.8 Å². The van der Waals surface area contributed by atoms with Crippen LogP contribution >= 0.6 is 0 Å². The first kappa shape index (κ1) is 51.7. The monoisotopic (exact) mass is 1020 g/mol. The molecule has 0 saturated carbocycles. The van der Waals surface area contributed by atoms with Gasteiger partial charge in [-0.05, 0) is 136 Å². The molecule has 1 saturated heterocycles. The molecule has 1 aliphatic heterocycles. The highest BCUT2D eigenvalue weighted by Crippen LogP contribution is 2.34. The predicted octanol–water partition coefficient (Wildman–Crippen LogP) is 10.9. The number of aromatic nitrogens is 8. The van der Waals surface area contributed by atoms with E-state index in [1.54, 1.807) is 80.6 Å². The van der Waals surface area contributed by atoms with Crippen LogP contribution in [0.5, 0.6) is 0 Å². The Labute approximate surface area is 437 Å². The van der Waals surface area contributed by atoms with Crippen LogP contribution in [0.1, 0.15) is 48.7 Å². The highest BCUT2D eigenvalue weighted by atomic mass is 19.4. The number of carbonyl (C=O) groups excluding carboxylic acids is 2. The first-order valence-corrected chi connectivity index (χ1v) is 24.3. The summed E-state index contributed by atoms with van der Waals surface area (Å²) in [4.78, 5) is 60.9. The van der Waals surface area contributed by atoms with Gasteiger partial charge in [0, 0.05) is 127 Å². The number of hydrogen-bond acceptors (Lipinski definition) is 13. The third-order valence-electron chi connectivity index (χ3n) is 12.4.